The van der Waals surface area contributed by atoms with Crippen LogP contribution in [0.3, 0.4) is 0 Å². The van der Waals surface area contributed by atoms with Gasteiger partial charge in [-0.05, 0) is 37.2 Å². The molecule has 1 fully saturated rings. The standard InChI is InChI=1S/C32H51N5O8/c1-21(2)15-24(29(41)32(5,44)20-38)35-31(43)26(17-23-9-7-6-8-10-23)36-30(42)25(16-22(3)4)34-27(39)18-33-28(40)19-37-11-13-45-14-12-37/h6-10,21-22,24-26,38,44H,11-20H2,1-5H3,(H,33,40)(H,34,39)(H,35,43)(H,36,42). The fourth-order valence-electron chi connectivity index (χ4n) is 4.91. The average Bonchev–Trinajstić information content (AvgIpc) is 2.99. The number of Topliss-reactive ketones (excluding diaryl/α,β-unsaturated/α-hetero) is 1. The molecule has 0 spiro atoms. The molecule has 4 atom stereocenters. The average molecular weight is 634 g/mol. The van der Waals surface area contributed by atoms with Crippen LogP contribution in [0.25, 0.3) is 0 Å². The third-order valence-electron chi connectivity index (χ3n) is 7.37. The van der Waals surface area contributed by atoms with Gasteiger partial charge in [-0.1, -0.05) is 58.0 Å². The summed E-state index contributed by atoms with van der Waals surface area (Å²) in [5.41, 5.74) is -1.31. The quantitative estimate of drug-likeness (QED) is 0.124. The maximum absolute atomic E-state index is 13.6. The Bertz CT molecular complexity index is 1120. The van der Waals surface area contributed by atoms with Crippen LogP contribution in [-0.2, 0) is 35.1 Å². The molecule has 252 valence electrons. The number of ether oxygens (including phenoxy) is 1. The van der Waals surface area contributed by atoms with E-state index in [1.165, 1.54) is 6.92 Å². The fraction of sp³-hybridized carbons (Fsp3) is 0.656. The van der Waals surface area contributed by atoms with Crippen LogP contribution < -0.4 is 21.3 Å². The van der Waals surface area contributed by atoms with Crippen LogP contribution in [0.4, 0.5) is 0 Å². The van der Waals surface area contributed by atoms with Gasteiger partial charge in [-0.15, -0.1) is 0 Å². The van der Waals surface area contributed by atoms with Gasteiger partial charge in [0.2, 0.25) is 23.6 Å². The van der Waals surface area contributed by atoms with Crippen molar-refractivity contribution in [1.82, 2.24) is 26.2 Å². The zero-order valence-electron chi connectivity index (χ0n) is 27.1. The molecule has 1 aliphatic rings. The second-order valence-electron chi connectivity index (χ2n) is 12.7. The molecule has 1 heterocycles. The van der Waals surface area contributed by atoms with Crippen molar-refractivity contribution in [3.63, 3.8) is 0 Å². The maximum atomic E-state index is 13.6. The highest BCUT2D eigenvalue weighted by Gasteiger charge is 2.38. The number of nitrogens with one attached hydrogen (secondary N) is 4. The lowest BCUT2D eigenvalue weighted by Gasteiger charge is -2.29. The van der Waals surface area contributed by atoms with Gasteiger partial charge in [-0.2, -0.15) is 0 Å². The van der Waals surface area contributed by atoms with E-state index < -0.39 is 53.8 Å². The van der Waals surface area contributed by atoms with E-state index in [1.807, 2.05) is 38.7 Å². The van der Waals surface area contributed by atoms with Crippen LogP contribution >= 0.6 is 0 Å². The highest BCUT2D eigenvalue weighted by molar-refractivity contribution is 5.97. The van der Waals surface area contributed by atoms with Crippen molar-refractivity contribution in [2.45, 2.75) is 77.6 Å². The third-order valence-corrected chi connectivity index (χ3v) is 7.37. The van der Waals surface area contributed by atoms with Crippen LogP contribution in [0.15, 0.2) is 30.3 Å². The molecule has 0 aromatic heterocycles. The molecule has 2 rings (SSSR count). The third kappa shape index (κ3) is 13.6. The largest absolute Gasteiger partial charge is 0.393 e. The van der Waals surface area contributed by atoms with Gasteiger partial charge in [0.25, 0.3) is 0 Å². The van der Waals surface area contributed by atoms with E-state index >= 15 is 0 Å². The van der Waals surface area contributed by atoms with E-state index in [9.17, 15) is 34.2 Å². The second-order valence-corrected chi connectivity index (χ2v) is 12.7. The maximum Gasteiger partial charge on any atom is 0.243 e. The van der Waals surface area contributed by atoms with Gasteiger partial charge in [0.05, 0.1) is 39.0 Å². The molecule has 1 saturated heterocycles. The number of benzene rings is 1. The van der Waals surface area contributed by atoms with Crippen LogP contribution in [0, 0.1) is 11.8 Å². The molecule has 4 unspecified atom stereocenters. The van der Waals surface area contributed by atoms with Gasteiger partial charge in [-0.25, -0.2) is 0 Å². The molecule has 1 aromatic carbocycles. The molecule has 0 saturated carbocycles. The van der Waals surface area contributed by atoms with Crippen molar-refractivity contribution in [1.29, 1.82) is 0 Å². The number of aliphatic hydroxyl groups is 2. The minimum atomic E-state index is -2.06. The Labute approximate surface area is 265 Å². The van der Waals surface area contributed by atoms with Gasteiger partial charge in [-0.3, -0.25) is 28.9 Å². The predicted octanol–water partition coefficient (Wildman–Crippen LogP) is -0.463. The SMILES string of the molecule is CC(C)CC(NC(=O)CNC(=O)CN1CCOCC1)C(=O)NC(Cc1ccccc1)C(=O)NC(CC(C)C)C(=O)C(C)(O)CO. The first kappa shape index (κ1) is 37.8. The fourth-order valence-corrected chi connectivity index (χ4v) is 4.91. The lowest BCUT2D eigenvalue weighted by Crippen LogP contribution is -2.59. The zero-order chi connectivity index (χ0) is 33.6. The van der Waals surface area contributed by atoms with Gasteiger partial charge in [0.1, 0.15) is 17.7 Å². The van der Waals surface area contributed by atoms with Crippen LogP contribution in [0.1, 0.15) is 53.0 Å². The number of carbonyl (C=O) groups is 5. The number of rotatable bonds is 18. The number of carbonyl (C=O) groups excluding carboxylic acids is 5. The summed E-state index contributed by atoms with van der Waals surface area (Å²) >= 11 is 0. The van der Waals surface area contributed by atoms with Crippen LogP contribution in [0.2, 0.25) is 0 Å². The number of aliphatic hydroxyl groups excluding tert-OH is 1. The normalized spacial score (nSPS) is 17.1. The first-order valence-corrected chi connectivity index (χ1v) is 15.6. The number of nitrogens with zero attached hydrogens (tertiary/aromatic N) is 1. The Kier molecular flexibility index (Phi) is 15.6. The summed E-state index contributed by atoms with van der Waals surface area (Å²) in [6, 6.07) is 5.78. The van der Waals surface area contributed by atoms with E-state index in [1.54, 1.807) is 24.3 Å². The highest BCUT2D eigenvalue weighted by atomic mass is 16.5. The van der Waals surface area contributed by atoms with Crippen molar-refractivity contribution >= 4 is 29.4 Å². The van der Waals surface area contributed by atoms with E-state index in [0.29, 0.717) is 26.3 Å². The summed E-state index contributed by atoms with van der Waals surface area (Å²) < 4.78 is 5.28. The lowest BCUT2D eigenvalue weighted by molar-refractivity contribution is -0.144. The molecule has 0 aliphatic carbocycles. The molecule has 0 bridgehead atoms. The van der Waals surface area contributed by atoms with Crippen molar-refractivity contribution in [3.8, 4) is 0 Å². The predicted molar refractivity (Wildman–Crippen MR) is 168 cm³/mol. The molecule has 6 N–H and O–H groups in total. The highest BCUT2D eigenvalue weighted by Crippen LogP contribution is 2.15. The zero-order valence-corrected chi connectivity index (χ0v) is 27.1. The van der Waals surface area contributed by atoms with Crippen molar-refractivity contribution in [2.75, 3.05) is 46.0 Å². The minimum absolute atomic E-state index is 0.00659. The van der Waals surface area contributed by atoms with Gasteiger partial charge >= 0.3 is 0 Å². The molecular weight excluding hydrogens is 582 g/mol. The number of morpholine rings is 1. The van der Waals surface area contributed by atoms with Gasteiger partial charge in [0, 0.05) is 19.5 Å². The minimum Gasteiger partial charge on any atom is -0.393 e. The Morgan fingerprint density at radius 3 is 1.98 bits per heavy atom. The van der Waals surface area contributed by atoms with Crippen LogP contribution in [-0.4, -0.2) is 114 Å². The first-order chi connectivity index (χ1) is 21.2. The first-order valence-electron chi connectivity index (χ1n) is 15.6. The molecule has 4 amide bonds. The smallest absolute Gasteiger partial charge is 0.243 e. The van der Waals surface area contributed by atoms with Crippen LogP contribution in [0.5, 0.6) is 0 Å². The van der Waals surface area contributed by atoms with Gasteiger partial charge < -0.3 is 36.2 Å². The van der Waals surface area contributed by atoms with Gasteiger partial charge in [0.15, 0.2) is 5.78 Å². The number of amides is 4. The molecular formula is C32H51N5O8. The number of hydrogen-bond acceptors (Lipinski definition) is 9. The molecule has 1 aliphatic heterocycles. The Hall–Kier alpha value is -3.39. The summed E-state index contributed by atoms with van der Waals surface area (Å²) in [6.45, 7) is 10.0. The van der Waals surface area contributed by atoms with E-state index in [2.05, 4.69) is 21.3 Å². The van der Waals surface area contributed by atoms with E-state index in [0.717, 1.165) is 5.56 Å². The summed E-state index contributed by atoms with van der Waals surface area (Å²) in [5.74, 6) is -2.88. The summed E-state index contributed by atoms with van der Waals surface area (Å²) in [7, 11) is 0. The summed E-state index contributed by atoms with van der Waals surface area (Å²) in [6.07, 6.45) is 0.570. The Morgan fingerprint density at radius 1 is 0.844 bits per heavy atom. The molecule has 13 nitrogen and oxygen atoms in total. The number of hydrogen-bond donors (Lipinski definition) is 6. The Balaban J connectivity index is 2.16. The molecule has 1 aromatic rings. The summed E-state index contributed by atoms with van der Waals surface area (Å²) in [5, 5.41) is 30.7. The van der Waals surface area contributed by atoms with Crippen molar-refractivity contribution in [2.24, 2.45) is 11.8 Å². The lowest BCUT2D eigenvalue weighted by atomic mass is 9.90. The number of ketones is 1. The molecule has 0 radical (unpaired) electrons. The monoisotopic (exact) mass is 633 g/mol. The van der Waals surface area contributed by atoms with Crippen molar-refractivity contribution < 1.29 is 38.9 Å². The second kappa shape index (κ2) is 18.5. The van der Waals surface area contributed by atoms with E-state index in [4.69, 9.17) is 4.74 Å². The summed E-state index contributed by atoms with van der Waals surface area (Å²) in [4.78, 5) is 67.3. The molecule has 45 heavy (non-hydrogen) atoms. The van der Waals surface area contributed by atoms with Crippen molar-refractivity contribution in [3.05, 3.63) is 35.9 Å². The molecule has 13 heteroatoms. The van der Waals surface area contributed by atoms with E-state index in [-0.39, 0.29) is 50.1 Å². The Morgan fingerprint density at radius 2 is 1.40 bits per heavy atom. The topological polar surface area (TPSA) is 186 Å².